The number of nitrogens with zero attached hydrogens (tertiary/aromatic N) is 2. The normalized spacial score (nSPS) is 12.6. The maximum atomic E-state index is 6.18. The van der Waals surface area contributed by atoms with E-state index in [-0.39, 0.29) is 6.04 Å². The van der Waals surface area contributed by atoms with Gasteiger partial charge in [-0.05, 0) is 47.1 Å². The van der Waals surface area contributed by atoms with Crippen LogP contribution < -0.4 is 5.32 Å². The molecular weight excluding hydrogens is 326 g/mol. The van der Waals surface area contributed by atoms with E-state index in [0.717, 1.165) is 28.8 Å². The topological polar surface area (TPSA) is 29.9 Å². The lowest BCUT2D eigenvalue weighted by molar-refractivity contribution is 0.568. The number of nitrogens with one attached hydrogen (secondary N) is 1. The molecule has 1 N–H and O–H groups in total. The first-order valence-electron chi connectivity index (χ1n) is 6.30. The van der Waals surface area contributed by atoms with Crippen LogP contribution in [0.5, 0.6) is 0 Å². The van der Waals surface area contributed by atoms with Crippen LogP contribution >= 0.6 is 27.5 Å². The first-order chi connectivity index (χ1) is 9.17. The summed E-state index contributed by atoms with van der Waals surface area (Å²) in [5, 5.41) is 4.02. The molecule has 1 aromatic heterocycles. The average Bonchev–Trinajstić information content (AvgIpc) is 2.83. The van der Waals surface area contributed by atoms with Gasteiger partial charge in [0.2, 0.25) is 0 Å². The van der Waals surface area contributed by atoms with Gasteiger partial charge in [-0.25, -0.2) is 4.98 Å². The monoisotopic (exact) mass is 341 g/mol. The highest BCUT2D eigenvalue weighted by Crippen LogP contribution is 2.28. The maximum absolute atomic E-state index is 6.18. The summed E-state index contributed by atoms with van der Waals surface area (Å²) < 4.78 is 3.08. The Morgan fingerprint density at radius 1 is 1.47 bits per heavy atom. The summed E-state index contributed by atoms with van der Waals surface area (Å²) in [7, 11) is 1.94. The third-order valence-electron chi connectivity index (χ3n) is 3.04. The van der Waals surface area contributed by atoms with E-state index in [1.54, 1.807) is 0 Å². The number of hydrogen-bond acceptors (Lipinski definition) is 2. The van der Waals surface area contributed by atoms with Crippen LogP contribution in [0.15, 0.2) is 35.1 Å². The zero-order chi connectivity index (χ0) is 13.8. The van der Waals surface area contributed by atoms with Gasteiger partial charge in [0.1, 0.15) is 5.82 Å². The Morgan fingerprint density at radius 2 is 2.26 bits per heavy atom. The van der Waals surface area contributed by atoms with Gasteiger partial charge in [0.05, 0.1) is 11.1 Å². The number of imidazole rings is 1. The van der Waals surface area contributed by atoms with Gasteiger partial charge in [-0.15, -0.1) is 0 Å². The molecule has 5 heteroatoms. The van der Waals surface area contributed by atoms with E-state index in [4.69, 9.17) is 11.6 Å². The van der Waals surface area contributed by atoms with Gasteiger partial charge in [0.15, 0.2) is 0 Å². The van der Waals surface area contributed by atoms with Crippen molar-refractivity contribution in [2.24, 2.45) is 0 Å². The second-order valence-electron chi connectivity index (χ2n) is 4.37. The van der Waals surface area contributed by atoms with Crippen molar-refractivity contribution >= 4 is 27.5 Å². The van der Waals surface area contributed by atoms with Crippen molar-refractivity contribution in [3.63, 3.8) is 0 Å². The Labute approximate surface area is 127 Å². The van der Waals surface area contributed by atoms with Crippen molar-refractivity contribution in [1.29, 1.82) is 0 Å². The number of aromatic nitrogens is 2. The van der Waals surface area contributed by atoms with Gasteiger partial charge in [-0.2, -0.15) is 0 Å². The lowest BCUT2D eigenvalue weighted by atomic mass is 10.1. The fraction of sp³-hybridized carbons (Fsp3) is 0.357. The van der Waals surface area contributed by atoms with E-state index < -0.39 is 0 Å². The SMILES string of the molecule is CCCn1ccnc1C(NC)c1ccc(Br)c(Cl)c1. The molecule has 2 rings (SSSR count). The predicted octanol–water partition coefficient (Wildman–Crippen LogP) is 4.02. The zero-order valence-electron chi connectivity index (χ0n) is 11.0. The largest absolute Gasteiger partial charge is 0.333 e. The molecule has 0 saturated heterocycles. The van der Waals surface area contributed by atoms with E-state index in [9.17, 15) is 0 Å². The predicted molar refractivity (Wildman–Crippen MR) is 82.6 cm³/mol. The number of aryl methyl sites for hydroxylation is 1. The Hall–Kier alpha value is -0.840. The van der Waals surface area contributed by atoms with Crippen LogP contribution in [0, 0.1) is 0 Å². The standard InChI is InChI=1S/C14H17BrClN3/c1-3-7-19-8-6-18-14(19)13(17-2)10-4-5-11(15)12(16)9-10/h4-6,8-9,13,17H,3,7H2,1-2H3. The molecule has 102 valence electrons. The molecule has 0 spiro atoms. The van der Waals surface area contributed by atoms with Crippen LogP contribution in [-0.2, 0) is 6.54 Å². The average molecular weight is 343 g/mol. The first-order valence-corrected chi connectivity index (χ1v) is 7.47. The third kappa shape index (κ3) is 3.19. The minimum Gasteiger partial charge on any atom is -0.333 e. The molecule has 3 nitrogen and oxygen atoms in total. The lowest BCUT2D eigenvalue weighted by Crippen LogP contribution is -2.22. The van der Waals surface area contributed by atoms with Gasteiger partial charge in [0.25, 0.3) is 0 Å². The smallest absolute Gasteiger partial charge is 0.130 e. The Morgan fingerprint density at radius 3 is 2.89 bits per heavy atom. The van der Waals surface area contributed by atoms with Crippen molar-refractivity contribution in [2.45, 2.75) is 25.9 Å². The minimum absolute atomic E-state index is 0.0483. The summed E-state index contributed by atoms with van der Waals surface area (Å²) in [6.45, 7) is 3.13. The molecule has 2 aromatic rings. The summed E-state index contributed by atoms with van der Waals surface area (Å²) in [6, 6.07) is 6.04. The molecule has 19 heavy (non-hydrogen) atoms. The van der Waals surface area contributed by atoms with Crippen molar-refractivity contribution < 1.29 is 0 Å². The van der Waals surface area contributed by atoms with Gasteiger partial charge in [-0.3, -0.25) is 0 Å². The highest BCUT2D eigenvalue weighted by molar-refractivity contribution is 9.10. The first kappa shape index (κ1) is 14.6. The summed E-state index contributed by atoms with van der Waals surface area (Å²) >= 11 is 9.59. The quantitative estimate of drug-likeness (QED) is 0.889. The molecule has 0 radical (unpaired) electrons. The molecule has 0 aliphatic rings. The second kappa shape index (κ2) is 6.55. The van der Waals surface area contributed by atoms with Gasteiger partial charge in [0, 0.05) is 23.4 Å². The second-order valence-corrected chi connectivity index (χ2v) is 5.64. The summed E-state index contributed by atoms with van der Waals surface area (Å²) in [5.74, 6) is 1.02. The van der Waals surface area contributed by atoms with Crippen LogP contribution in [0.25, 0.3) is 0 Å². The fourth-order valence-electron chi connectivity index (χ4n) is 2.15. The summed E-state index contributed by atoms with van der Waals surface area (Å²) in [4.78, 5) is 4.48. The van der Waals surface area contributed by atoms with Crippen molar-refractivity contribution in [3.05, 3.63) is 51.5 Å². The van der Waals surface area contributed by atoms with Crippen LogP contribution in [0.2, 0.25) is 5.02 Å². The van der Waals surface area contributed by atoms with E-state index in [2.05, 4.69) is 43.8 Å². The molecule has 1 atom stereocenters. The summed E-state index contributed by atoms with van der Waals surface area (Å²) in [6.07, 6.45) is 4.94. The Balaban J connectivity index is 2.38. The zero-order valence-corrected chi connectivity index (χ0v) is 13.4. The highest BCUT2D eigenvalue weighted by Gasteiger charge is 2.17. The lowest BCUT2D eigenvalue weighted by Gasteiger charge is -2.18. The molecule has 0 aliphatic carbocycles. The maximum Gasteiger partial charge on any atom is 0.130 e. The van der Waals surface area contributed by atoms with E-state index in [1.807, 2.05) is 31.6 Å². The number of halogens is 2. The number of hydrogen-bond donors (Lipinski definition) is 1. The summed E-state index contributed by atoms with van der Waals surface area (Å²) in [5.41, 5.74) is 1.11. The molecule has 0 fully saturated rings. The molecule has 0 amide bonds. The van der Waals surface area contributed by atoms with Gasteiger partial charge in [-0.1, -0.05) is 24.6 Å². The van der Waals surface area contributed by atoms with Crippen LogP contribution in [0.1, 0.15) is 30.8 Å². The minimum atomic E-state index is 0.0483. The van der Waals surface area contributed by atoms with Crippen LogP contribution in [-0.4, -0.2) is 16.6 Å². The molecular formula is C14H17BrClN3. The molecule has 0 bridgehead atoms. The van der Waals surface area contributed by atoms with Gasteiger partial charge >= 0.3 is 0 Å². The van der Waals surface area contributed by atoms with Crippen molar-refractivity contribution in [2.75, 3.05) is 7.05 Å². The van der Waals surface area contributed by atoms with E-state index in [0.29, 0.717) is 5.02 Å². The highest BCUT2D eigenvalue weighted by atomic mass is 79.9. The van der Waals surface area contributed by atoms with Crippen LogP contribution in [0.3, 0.4) is 0 Å². The van der Waals surface area contributed by atoms with Crippen molar-refractivity contribution in [3.8, 4) is 0 Å². The number of benzene rings is 1. The molecule has 1 aromatic carbocycles. The molecule has 1 unspecified atom stereocenters. The van der Waals surface area contributed by atoms with Gasteiger partial charge < -0.3 is 9.88 Å². The number of rotatable bonds is 5. The molecule has 0 saturated carbocycles. The Bertz CT molecular complexity index is 553. The third-order valence-corrected chi connectivity index (χ3v) is 4.27. The fourth-order valence-corrected chi connectivity index (χ4v) is 2.58. The Kier molecular flexibility index (Phi) is 5.02. The molecule has 1 heterocycles. The van der Waals surface area contributed by atoms with E-state index in [1.165, 1.54) is 0 Å². The van der Waals surface area contributed by atoms with E-state index >= 15 is 0 Å². The molecule has 0 aliphatic heterocycles. The van der Waals surface area contributed by atoms with Crippen LogP contribution in [0.4, 0.5) is 0 Å². The van der Waals surface area contributed by atoms with Crippen molar-refractivity contribution in [1.82, 2.24) is 14.9 Å².